The molecule has 0 amide bonds. The van der Waals surface area contributed by atoms with E-state index >= 15 is 0 Å². The fourth-order valence-electron chi connectivity index (χ4n) is 3.53. The lowest BCUT2D eigenvalue weighted by Gasteiger charge is -2.35. The highest BCUT2D eigenvalue weighted by Crippen LogP contribution is 2.43. The molecule has 2 rings (SSSR count). The molecule has 0 bridgehead atoms. The highest BCUT2D eigenvalue weighted by atomic mass is 16.6. The number of aliphatic hydroxyl groups excluding tert-OH is 2. The fourth-order valence-corrected chi connectivity index (χ4v) is 3.53. The molecule has 23 heavy (non-hydrogen) atoms. The maximum Gasteiger partial charge on any atom is 0.334 e. The van der Waals surface area contributed by atoms with E-state index in [0.29, 0.717) is 31.4 Å². The summed E-state index contributed by atoms with van der Waals surface area (Å²) >= 11 is 0. The van der Waals surface area contributed by atoms with Crippen molar-refractivity contribution in [3.8, 4) is 0 Å². The zero-order chi connectivity index (χ0) is 17.1. The van der Waals surface area contributed by atoms with Crippen molar-refractivity contribution in [2.45, 2.75) is 45.3 Å². The zero-order valence-corrected chi connectivity index (χ0v) is 13.6. The van der Waals surface area contributed by atoms with Crippen LogP contribution in [0.25, 0.3) is 0 Å². The largest absolute Gasteiger partial charge is 0.466 e. The molecule has 1 aliphatic heterocycles. The monoisotopic (exact) mass is 324 g/mol. The summed E-state index contributed by atoms with van der Waals surface area (Å²) in [4.78, 5) is 22.4. The van der Waals surface area contributed by atoms with Crippen LogP contribution in [0, 0.1) is 11.8 Å². The lowest BCUT2D eigenvalue weighted by molar-refractivity contribution is -0.141. The second-order valence-corrected chi connectivity index (χ2v) is 6.24. The predicted octanol–water partition coefficient (Wildman–Crippen LogP) is 1.12. The van der Waals surface area contributed by atoms with Crippen molar-refractivity contribution in [3.05, 3.63) is 23.3 Å². The van der Waals surface area contributed by atoms with Crippen LogP contribution >= 0.6 is 0 Å². The fraction of sp³-hybridized carbons (Fsp3) is 0.647. The first-order valence-corrected chi connectivity index (χ1v) is 7.90. The van der Waals surface area contributed by atoms with Crippen molar-refractivity contribution >= 4 is 11.9 Å². The van der Waals surface area contributed by atoms with Gasteiger partial charge >= 0.3 is 11.9 Å². The third kappa shape index (κ3) is 3.64. The minimum Gasteiger partial charge on any atom is -0.466 e. The minimum absolute atomic E-state index is 0.00663. The molecule has 1 heterocycles. The van der Waals surface area contributed by atoms with Gasteiger partial charge in [-0.15, -0.1) is 0 Å². The first kappa shape index (κ1) is 17.7. The molecule has 0 aromatic rings. The quantitative estimate of drug-likeness (QED) is 0.329. The number of carbonyl (C=O) groups excluding carboxylic acids is 2. The summed E-state index contributed by atoms with van der Waals surface area (Å²) in [6.07, 6.45) is 0.483. The average molecular weight is 324 g/mol. The number of esters is 2. The van der Waals surface area contributed by atoms with Gasteiger partial charge in [-0.1, -0.05) is 13.5 Å². The van der Waals surface area contributed by atoms with Crippen LogP contribution in [0.1, 0.15) is 33.1 Å². The van der Waals surface area contributed by atoms with E-state index in [1.165, 1.54) is 6.92 Å². The Bertz CT molecular complexity index is 535. The Morgan fingerprint density at radius 1 is 1.52 bits per heavy atom. The van der Waals surface area contributed by atoms with Gasteiger partial charge in [0.15, 0.2) is 0 Å². The van der Waals surface area contributed by atoms with Gasteiger partial charge in [-0.25, -0.2) is 4.79 Å². The van der Waals surface area contributed by atoms with Crippen molar-refractivity contribution in [2.75, 3.05) is 13.2 Å². The van der Waals surface area contributed by atoms with Crippen molar-refractivity contribution < 1.29 is 29.3 Å². The number of hydrogen-bond donors (Lipinski definition) is 2. The van der Waals surface area contributed by atoms with E-state index < -0.39 is 24.1 Å². The molecule has 0 radical (unpaired) electrons. The summed E-state index contributed by atoms with van der Waals surface area (Å²) in [6.45, 7) is 7.22. The summed E-state index contributed by atoms with van der Waals surface area (Å²) in [5, 5.41) is 20.3. The third-order valence-electron chi connectivity index (χ3n) is 4.65. The van der Waals surface area contributed by atoms with Crippen molar-refractivity contribution in [3.63, 3.8) is 0 Å². The Labute approximate surface area is 135 Å². The molecule has 4 unspecified atom stereocenters. The molecule has 2 N–H and O–H groups in total. The summed E-state index contributed by atoms with van der Waals surface area (Å²) < 4.78 is 10.1. The molecule has 6 heteroatoms. The van der Waals surface area contributed by atoms with E-state index in [0.717, 1.165) is 11.1 Å². The van der Waals surface area contributed by atoms with Crippen LogP contribution in [0.15, 0.2) is 23.3 Å². The molecular weight excluding hydrogens is 300 g/mol. The van der Waals surface area contributed by atoms with E-state index in [9.17, 15) is 19.8 Å². The molecule has 4 atom stereocenters. The van der Waals surface area contributed by atoms with E-state index in [-0.39, 0.29) is 18.5 Å². The van der Waals surface area contributed by atoms with Gasteiger partial charge in [0.1, 0.15) is 6.10 Å². The van der Waals surface area contributed by atoms with Crippen LogP contribution < -0.4 is 0 Å². The highest BCUT2D eigenvalue weighted by molar-refractivity contribution is 5.91. The van der Waals surface area contributed by atoms with E-state index in [1.54, 1.807) is 0 Å². The predicted molar refractivity (Wildman–Crippen MR) is 82.3 cm³/mol. The second-order valence-electron chi connectivity index (χ2n) is 6.24. The summed E-state index contributed by atoms with van der Waals surface area (Å²) in [6, 6.07) is 0. The number of hydrogen-bond acceptors (Lipinski definition) is 6. The lowest BCUT2D eigenvalue weighted by atomic mass is 9.73. The molecule has 1 fully saturated rings. The second kappa shape index (κ2) is 7.27. The van der Waals surface area contributed by atoms with Crippen LogP contribution in [0.4, 0.5) is 0 Å². The first-order valence-electron chi connectivity index (χ1n) is 7.90. The molecule has 0 aromatic heterocycles. The van der Waals surface area contributed by atoms with Crippen molar-refractivity contribution in [2.24, 2.45) is 11.8 Å². The van der Waals surface area contributed by atoms with Gasteiger partial charge < -0.3 is 19.7 Å². The Balaban J connectivity index is 2.09. The molecule has 6 nitrogen and oxygen atoms in total. The lowest BCUT2D eigenvalue weighted by Crippen LogP contribution is -2.38. The number of aliphatic hydroxyl groups is 2. The molecule has 0 spiro atoms. The summed E-state index contributed by atoms with van der Waals surface area (Å²) in [5.41, 5.74) is 1.78. The Morgan fingerprint density at radius 2 is 2.22 bits per heavy atom. The van der Waals surface area contributed by atoms with E-state index in [1.807, 2.05) is 6.92 Å². The van der Waals surface area contributed by atoms with Crippen LogP contribution in [-0.4, -0.2) is 47.6 Å². The topological polar surface area (TPSA) is 93.1 Å². The smallest absolute Gasteiger partial charge is 0.334 e. The van der Waals surface area contributed by atoms with Gasteiger partial charge in [-0.3, -0.25) is 4.79 Å². The number of ether oxygens (including phenoxy) is 2. The summed E-state index contributed by atoms with van der Waals surface area (Å²) in [5.74, 6) is -1.22. The SMILES string of the molecule is C=C1C(=O)OC2CC(CO)=C(C(C)CCCOC(C)=O)C(O)C12. The van der Waals surface area contributed by atoms with Gasteiger partial charge in [-0.2, -0.15) is 0 Å². The van der Waals surface area contributed by atoms with Gasteiger partial charge in [-0.05, 0) is 29.9 Å². The van der Waals surface area contributed by atoms with Crippen molar-refractivity contribution in [1.82, 2.24) is 0 Å². The van der Waals surface area contributed by atoms with Gasteiger partial charge in [0, 0.05) is 18.9 Å². The highest BCUT2D eigenvalue weighted by Gasteiger charge is 2.48. The van der Waals surface area contributed by atoms with Crippen molar-refractivity contribution in [1.29, 1.82) is 0 Å². The Hall–Kier alpha value is -1.66. The van der Waals surface area contributed by atoms with Crippen LogP contribution in [0.3, 0.4) is 0 Å². The maximum absolute atomic E-state index is 11.7. The molecule has 0 aromatic carbocycles. The van der Waals surface area contributed by atoms with Gasteiger partial charge in [0.05, 0.1) is 25.2 Å². The Kier molecular flexibility index (Phi) is 5.59. The van der Waals surface area contributed by atoms with Gasteiger partial charge in [0.25, 0.3) is 0 Å². The molecule has 1 saturated heterocycles. The first-order chi connectivity index (χ1) is 10.9. The van der Waals surface area contributed by atoms with E-state index in [4.69, 9.17) is 9.47 Å². The minimum atomic E-state index is -0.876. The number of rotatable bonds is 6. The zero-order valence-electron chi connectivity index (χ0n) is 13.6. The van der Waals surface area contributed by atoms with Crippen LogP contribution in [0.2, 0.25) is 0 Å². The number of fused-ring (bicyclic) bond motifs is 1. The normalized spacial score (nSPS) is 28.4. The summed E-state index contributed by atoms with van der Waals surface area (Å²) in [7, 11) is 0. The molecule has 128 valence electrons. The van der Waals surface area contributed by atoms with Crippen LogP contribution in [-0.2, 0) is 19.1 Å². The molecular formula is C17H24O6. The Morgan fingerprint density at radius 3 is 2.83 bits per heavy atom. The van der Waals surface area contributed by atoms with Crippen LogP contribution in [0.5, 0.6) is 0 Å². The molecule has 0 saturated carbocycles. The molecule has 1 aliphatic carbocycles. The standard InChI is InChI=1S/C17H24O6/c1-9(5-4-6-22-11(3)19)14-12(8-18)7-13-15(16(14)20)10(2)17(21)23-13/h9,13,15-16,18,20H,2,4-8H2,1,3H3. The third-order valence-corrected chi connectivity index (χ3v) is 4.65. The van der Waals surface area contributed by atoms with E-state index in [2.05, 4.69) is 6.58 Å². The average Bonchev–Trinajstić information content (AvgIpc) is 2.78. The number of carbonyl (C=O) groups is 2. The van der Waals surface area contributed by atoms with Gasteiger partial charge in [0.2, 0.25) is 0 Å². The molecule has 2 aliphatic rings. The maximum atomic E-state index is 11.7.